The highest BCUT2D eigenvalue weighted by molar-refractivity contribution is 5.87. The highest BCUT2D eigenvalue weighted by atomic mass is 16.6. The highest BCUT2D eigenvalue weighted by Gasteiger charge is 2.20. The van der Waals surface area contributed by atoms with Gasteiger partial charge in [-0.3, -0.25) is 19.2 Å². The van der Waals surface area contributed by atoms with Crippen LogP contribution in [0.15, 0.2) is 10.2 Å². The smallest absolute Gasteiger partial charge is 0.242 e. The van der Waals surface area contributed by atoms with Gasteiger partial charge in [-0.15, -0.1) is 0 Å². The molecule has 0 bridgehead atoms. The van der Waals surface area contributed by atoms with Crippen molar-refractivity contribution in [3.05, 3.63) is 20.9 Å². The molecule has 0 aromatic heterocycles. The predicted octanol–water partition coefficient (Wildman–Crippen LogP) is 1.71. The minimum absolute atomic E-state index is 0.106. The van der Waals surface area contributed by atoms with E-state index in [0.29, 0.717) is 112 Å². The number of carbonyl (C=O) groups excluding carboxylic acids is 4. The van der Waals surface area contributed by atoms with E-state index in [2.05, 4.69) is 41.3 Å². The Balaban J connectivity index is 4.42. The molecule has 0 fully saturated rings. The first-order valence-corrected chi connectivity index (χ1v) is 19.7. The van der Waals surface area contributed by atoms with Crippen molar-refractivity contribution in [2.24, 2.45) is 10.2 Å². The molecule has 328 valence electrons. The molecule has 0 heterocycles. The molecule has 0 saturated carbocycles. The molecule has 1 atom stereocenters. The molecule has 22 heteroatoms. The van der Waals surface area contributed by atoms with Gasteiger partial charge in [0.25, 0.3) is 0 Å². The number of nitrogens with zero attached hydrogens (tertiary/aromatic N) is 6. The summed E-state index contributed by atoms with van der Waals surface area (Å²) in [5.74, 6) is -1.06. The van der Waals surface area contributed by atoms with E-state index in [1.54, 1.807) is 0 Å². The number of hydrogen-bond donors (Lipinski definition) is 4. The summed E-state index contributed by atoms with van der Waals surface area (Å²) in [6, 6.07) is -0.791. The monoisotopic (exact) mass is 818 g/mol. The zero-order valence-electron chi connectivity index (χ0n) is 33.7. The molecule has 0 saturated heterocycles. The highest BCUT2D eigenvalue weighted by Crippen LogP contribution is 2.03. The molecular weight excluding hydrogens is 752 g/mol. The standard InChI is InChI=1S/C35H66N10O12/c1-2-15-50-21-27-56-29-30-57-28-26-53-18-12-40-35(49)31(6-3-4-10-38-32(46)8-16-51-22-24-54-19-13-41-44-36)43-34(48)7-5-11-39-33(47)9-17-52-23-25-55-20-14-42-45-37/h31H,2-30H2,1H3,(H,38,46)(H,39,47)(H,40,49)(H,43,48)/t31-/m0/s1. The molecule has 0 aromatic rings. The van der Waals surface area contributed by atoms with E-state index in [1.807, 2.05) is 6.92 Å². The Morgan fingerprint density at radius 2 is 0.930 bits per heavy atom. The van der Waals surface area contributed by atoms with Gasteiger partial charge >= 0.3 is 0 Å². The van der Waals surface area contributed by atoms with Gasteiger partial charge in [0.2, 0.25) is 23.6 Å². The molecule has 22 nitrogen and oxygen atoms in total. The normalized spacial score (nSPS) is 11.2. The molecule has 0 unspecified atom stereocenters. The second kappa shape index (κ2) is 43.3. The minimum Gasteiger partial charge on any atom is -0.379 e. The van der Waals surface area contributed by atoms with Gasteiger partial charge in [0.05, 0.1) is 99.1 Å². The molecule has 0 aliphatic rings. The van der Waals surface area contributed by atoms with E-state index in [1.165, 1.54) is 0 Å². The Hall–Kier alpha value is -3.82. The molecule has 0 rings (SSSR count). The zero-order valence-corrected chi connectivity index (χ0v) is 33.7. The fourth-order valence-corrected chi connectivity index (χ4v) is 4.44. The maximum Gasteiger partial charge on any atom is 0.242 e. The lowest BCUT2D eigenvalue weighted by atomic mass is 10.1. The number of hydrogen-bond acceptors (Lipinski definition) is 14. The van der Waals surface area contributed by atoms with Crippen LogP contribution in [-0.2, 0) is 57.1 Å². The Bertz CT molecular complexity index is 1110. The SMILES string of the molecule is CCCOCCOCCOCCOCCNC(=O)[C@H](CCCCNC(=O)CCOCCOCCN=[N+]=[N-])NC(=O)CCCNC(=O)CCOCCOCCN=[N+]=[N-]. The molecular formula is C35H66N10O12. The first-order chi connectivity index (χ1) is 27.9. The third-order valence-corrected chi connectivity index (χ3v) is 7.30. The Morgan fingerprint density at radius 3 is 1.42 bits per heavy atom. The van der Waals surface area contributed by atoms with Gasteiger partial charge in [-0.1, -0.05) is 17.2 Å². The number of azide groups is 2. The molecule has 4 amide bonds. The molecule has 4 N–H and O–H groups in total. The number of unbranched alkanes of at least 4 members (excludes halogenated alkanes) is 1. The first kappa shape index (κ1) is 53.2. The number of nitrogens with one attached hydrogen (secondary N) is 4. The number of ether oxygens (including phenoxy) is 8. The summed E-state index contributed by atoms with van der Waals surface area (Å²) < 4.78 is 43.0. The minimum atomic E-state index is -0.791. The Kier molecular flexibility index (Phi) is 40.4. The topological polar surface area (TPSA) is 288 Å². The van der Waals surface area contributed by atoms with Crippen molar-refractivity contribution in [2.75, 3.05) is 138 Å². The maximum absolute atomic E-state index is 13.0. The summed E-state index contributed by atoms with van der Waals surface area (Å²) in [7, 11) is 0. The molecule has 0 aliphatic carbocycles. The quantitative estimate of drug-likeness (QED) is 0.0296. The number of carbonyl (C=O) groups is 4. The second-order valence-corrected chi connectivity index (χ2v) is 12.0. The van der Waals surface area contributed by atoms with Gasteiger partial charge < -0.3 is 59.2 Å². The van der Waals surface area contributed by atoms with Crippen molar-refractivity contribution >= 4 is 23.6 Å². The third kappa shape index (κ3) is 40.2. The predicted molar refractivity (Wildman–Crippen MR) is 208 cm³/mol. The van der Waals surface area contributed by atoms with Gasteiger partial charge in [0.15, 0.2) is 0 Å². The number of amides is 4. The van der Waals surface area contributed by atoms with E-state index in [9.17, 15) is 19.2 Å². The third-order valence-electron chi connectivity index (χ3n) is 7.30. The average molecular weight is 819 g/mol. The van der Waals surface area contributed by atoms with Crippen LogP contribution < -0.4 is 21.3 Å². The van der Waals surface area contributed by atoms with E-state index in [4.69, 9.17) is 49.0 Å². The lowest BCUT2D eigenvalue weighted by molar-refractivity contribution is -0.129. The van der Waals surface area contributed by atoms with Crippen LogP contribution >= 0.6 is 0 Å². The van der Waals surface area contributed by atoms with Crippen LogP contribution in [0.4, 0.5) is 0 Å². The van der Waals surface area contributed by atoms with Crippen molar-refractivity contribution in [3.63, 3.8) is 0 Å². The average Bonchev–Trinajstić information content (AvgIpc) is 3.20. The van der Waals surface area contributed by atoms with Crippen LogP contribution in [-0.4, -0.2) is 168 Å². The first-order valence-electron chi connectivity index (χ1n) is 19.7. The Labute approximate surface area is 335 Å². The summed E-state index contributed by atoms with van der Waals surface area (Å²) >= 11 is 0. The molecule has 0 aliphatic heterocycles. The summed E-state index contributed by atoms with van der Waals surface area (Å²) in [5.41, 5.74) is 16.4. The van der Waals surface area contributed by atoms with Crippen molar-refractivity contribution in [2.45, 2.75) is 64.3 Å². The lowest BCUT2D eigenvalue weighted by Crippen LogP contribution is -2.47. The van der Waals surface area contributed by atoms with Crippen LogP contribution in [0.3, 0.4) is 0 Å². The van der Waals surface area contributed by atoms with Crippen molar-refractivity contribution in [3.8, 4) is 0 Å². The fourth-order valence-electron chi connectivity index (χ4n) is 4.44. The summed E-state index contributed by atoms with van der Waals surface area (Å²) in [6.07, 6.45) is 3.30. The van der Waals surface area contributed by atoms with Gasteiger partial charge in [-0.05, 0) is 43.2 Å². The van der Waals surface area contributed by atoms with Gasteiger partial charge in [-0.25, -0.2) is 0 Å². The van der Waals surface area contributed by atoms with Crippen LogP contribution in [0.5, 0.6) is 0 Å². The van der Waals surface area contributed by atoms with Gasteiger partial charge in [0.1, 0.15) is 6.04 Å². The van der Waals surface area contributed by atoms with Crippen LogP contribution in [0.1, 0.15) is 58.3 Å². The summed E-state index contributed by atoms with van der Waals surface area (Å²) in [5, 5.41) is 17.9. The molecule has 0 spiro atoms. The largest absolute Gasteiger partial charge is 0.379 e. The van der Waals surface area contributed by atoms with Crippen molar-refractivity contribution in [1.82, 2.24) is 21.3 Å². The van der Waals surface area contributed by atoms with E-state index in [0.717, 1.165) is 13.0 Å². The molecule has 0 radical (unpaired) electrons. The second-order valence-electron chi connectivity index (χ2n) is 12.0. The Morgan fingerprint density at radius 1 is 0.491 bits per heavy atom. The zero-order chi connectivity index (χ0) is 41.7. The van der Waals surface area contributed by atoms with Gasteiger partial charge in [-0.2, -0.15) is 0 Å². The van der Waals surface area contributed by atoms with Gasteiger partial charge in [0, 0.05) is 68.4 Å². The van der Waals surface area contributed by atoms with Crippen LogP contribution in [0.2, 0.25) is 0 Å². The van der Waals surface area contributed by atoms with Crippen LogP contribution in [0, 0.1) is 0 Å². The van der Waals surface area contributed by atoms with E-state index < -0.39 is 6.04 Å². The molecule has 0 aromatic carbocycles. The molecule has 57 heavy (non-hydrogen) atoms. The lowest BCUT2D eigenvalue weighted by Gasteiger charge is -2.19. The maximum atomic E-state index is 13.0. The van der Waals surface area contributed by atoms with E-state index in [-0.39, 0.29) is 88.9 Å². The van der Waals surface area contributed by atoms with Crippen LogP contribution in [0.25, 0.3) is 20.9 Å². The van der Waals surface area contributed by atoms with Crippen molar-refractivity contribution in [1.29, 1.82) is 0 Å². The summed E-state index contributed by atoms with van der Waals surface area (Å²) in [6.45, 7) is 9.48. The summed E-state index contributed by atoms with van der Waals surface area (Å²) in [4.78, 5) is 55.3. The number of rotatable bonds is 43. The fraction of sp³-hybridized carbons (Fsp3) is 0.886. The van der Waals surface area contributed by atoms with Crippen molar-refractivity contribution < 1.29 is 57.1 Å². The van der Waals surface area contributed by atoms with E-state index >= 15 is 0 Å².